The molecule has 0 spiro atoms. The van der Waals surface area contributed by atoms with Gasteiger partial charge in [0.1, 0.15) is 17.7 Å². The van der Waals surface area contributed by atoms with Crippen LogP contribution >= 0.6 is 0 Å². The molecule has 0 fully saturated rings. The molecule has 0 amide bonds. The highest BCUT2D eigenvalue weighted by Gasteiger charge is 2.09. The van der Waals surface area contributed by atoms with Crippen LogP contribution in [0.15, 0.2) is 41.0 Å². The number of aromatic nitrogens is 2. The van der Waals surface area contributed by atoms with E-state index in [-0.39, 0.29) is 0 Å². The smallest absolute Gasteiger partial charge is 0.148 e. The molecule has 0 bridgehead atoms. The van der Waals surface area contributed by atoms with Gasteiger partial charge in [0, 0.05) is 24.1 Å². The zero-order valence-corrected chi connectivity index (χ0v) is 8.82. The molecule has 0 aliphatic rings. The first-order valence-corrected chi connectivity index (χ1v) is 5.08. The topological polar surface area (TPSA) is 53.9 Å². The minimum absolute atomic E-state index is 0.820. The minimum atomic E-state index is 0.820. The molecule has 1 aromatic carbocycles. The van der Waals surface area contributed by atoms with Gasteiger partial charge in [-0.1, -0.05) is 18.2 Å². The second-order valence-electron chi connectivity index (χ2n) is 3.56. The number of H-pyrrole nitrogens is 1. The van der Waals surface area contributed by atoms with Crippen LogP contribution in [0.3, 0.4) is 0 Å². The lowest BCUT2D eigenvalue weighted by molar-refractivity contribution is 0.617. The Morgan fingerprint density at radius 1 is 1.31 bits per heavy atom. The molecule has 2 aromatic heterocycles. The van der Waals surface area contributed by atoms with Gasteiger partial charge in [0.05, 0.1) is 5.69 Å². The molecule has 2 N–H and O–H groups in total. The maximum absolute atomic E-state index is 5.48. The summed E-state index contributed by atoms with van der Waals surface area (Å²) in [5.74, 6) is 0.820. The average molecular weight is 213 g/mol. The lowest BCUT2D eigenvalue weighted by atomic mass is 10.1. The highest BCUT2D eigenvalue weighted by atomic mass is 16.3. The molecule has 0 unspecified atom stereocenters. The normalized spacial score (nSPS) is 10.8. The summed E-state index contributed by atoms with van der Waals surface area (Å²) in [6.07, 6.45) is 1.75. The van der Waals surface area contributed by atoms with Crippen LogP contribution in [-0.2, 0) is 0 Å². The summed E-state index contributed by atoms with van der Waals surface area (Å²) >= 11 is 0. The molecular formula is C12H11N3O. The number of rotatable bonds is 2. The van der Waals surface area contributed by atoms with Crippen molar-refractivity contribution in [2.75, 3.05) is 12.4 Å². The molecule has 0 aliphatic heterocycles. The number of para-hydroxylation sites is 1. The van der Waals surface area contributed by atoms with Crippen LogP contribution in [0.4, 0.5) is 5.82 Å². The van der Waals surface area contributed by atoms with E-state index in [1.54, 1.807) is 6.26 Å². The van der Waals surface area contributed by atoms with Gasteiger partial charge < -0.3 is 9.73 Å². The molecule has 0 saturated carbocycles. The lowest BCUT2D eigenvalue weighted by Gasteiger charge is -1.91. The summed E-state index contributed by atoms with van der Waals surface area (Å²) in [5.41, 5.74) is 2.87. The van der Waals surface area contributed by atoms with Crippen molar-refractivity contribution in [1.82, 2.24) is 10.2 Å². The van der Waals surface area contributed by atoms with Crippen molar-refractivity contribution in [3.8, 4) is 11.3 Å². The number of benzene rings is 1. The monoisotopic (exact) mass is 213 g/mol. The second-order valence-corrected chi connectivity index (χ2v) is 3.56. The van der Waals surface area contributed by atoms with Gasteiger partial charge >= 0.3 is 0 Å². The Labute approximate surface area is 92.3 Å². The Morgan fingerprint density at radius 2 is 2.19 bits per heavy atom. The molecule has 4 nitrogen and oxygen atoms in total. The third-order valence-electron chi connectivity index (χ3n) is 2.61. The van der Waals surface area contributed by atoms with Crippen LogP contribution in [0.5, 0.6) is 0 Å². The van der Waals surface area contributed by atoms with Crippen molar-refractivity contribution >= 4 is 16.8 Å². The van der Waals surface area contributed by atoms with Gasteiger partial charge in [-0.15, -0.1) is 0 Å². The first kappa shape index (κ1) is 9.03. The number of nitrogens with zero attached hydrogens (tertiary/aromatic N) is 1. The van der Waals surface area contributed by atoms with Crippen molar-refractivity contribution in [2.45, 2.75) is 0 Å². The number of anilines is 1. The van der Waals surface area contributed by atoms with Crippen LogP contribution in [0.2, 0.25) is 0 Å². The van der Waals surface area contributed by atoms with E-state index in [1.807, 2.05) is 37.4 Å². The van der Waals surface area contributed by atoms with E-state index in [2.05, 4.69) is 15.5 Å². The largest absolute Gasteiger partial charge is 0.464 e. The van der Waals surface area contributed by atoms with Gasteiger partial charge in [0.15, 0.2) is 0 Å². The first-order valence-electron chi connectivity index (χ1n) is 5.08. The number of nitrogens with one attached hydrogen (secondary N) is 2. The number of hydrogen-bond acceptors (Lipinski definition) is 3. The number of furan rings is 1. The second kappa shape index (κ2) is 3.41. The Kier molecular flexibility index (Phi) is 1.93. The van der Waals surface area contributed by atoms with Gasteiger partial charge in [-0.2, -0.15) is 5.10 Å². The van der Waals surface area contributed by atoms with Crippen LogP contribution < -0.4 is 5.32 Å². The molecule has 0 aliphatic carbocycles. The molecule has 16 heavy (non-hydrogen) atoms. The molecule has 3 aromatic rings. The van der Waals surface area contributed by atoms with E-state index in [1.165, 1.54) is 0 Å². The average Bonchev–Trinajstić information content (AvgIpc) is 2.94. The highest BCUT2D eigenvalue weighted by Crippen LogP contribution is 2.29. The van der Waals surface area contributed by atoms with Crippen LogP contribution in [-0.4, -0.2) is 17.2 Å². The fraction of sp³-hybridized carbons (Fsp3) is 0.0833. The standard InChI is InChI=1S/C12H11N3O/c1-13-12-6-10(14-15-12)9-7-16-11-5-3-2-4-8(9)11/h2-7H,1H3,(H2,13,14,15). The van der Waals surface area contributed by atoms with Gasteiger partial charge in [0.2, 0.25) is 0 Å². The van der Waals surface area contributed by atoms with Crippen LogP contribution in [0.25, 0.3) is 22.2 Å². The third kappa shape index (κ3) is 1.27. The highest BCUT2D eigenvalue weighted by molar-refractivity contribution is 5.93. The van der Waals surface area contributed by atoms with E-state index in [9.17, 15) is 0 Å². The van der Waals surface area contributed by atoms with E-state index in [0.29, 0.717) is 0 Å². The Morgan fingerprint density at radius 3 is 3.00 bits per heavy atom. The summed E-state index contributed by atoms with van der Waals surface area (Å²) in [5, 5.41) is 11.2. The van der Waals surface area contributed by atoms with Gasteiger partial charge in [-0.3, -0.25) is 5.10 Å². The van der Waals surface area contributed by atoms with Crippen LogP contribution in [0, 0.1) is 0 Å². The molecule has 0 saturated heterocycles. The van der Waals surface area contributed by atoms with E-state index >= 15 is 0 Å². The van der Waals surface area contributed by atoms with Crippen molar-refractivity contribution < 1.29 is 4.42 Å². The number of hydrogen-bond donors (Lipinski definition) is 2. The minimum Gasteiger partial charge on any atom is -0.464 e. The summed E-state index contributed by atoms with van der Waals surface area (Å²) in [6.45, 7) is 0. The Hall–Kier alpha value is -2.23. The number of aromatic amines is 1. The maximum Gasteiger partial charge on any atom is 0.148 e. The molecule has 3 rings (SSSR count). The molecule has 0 atom stereocenters. The molecule has 80 valence electrons. The SMILES string of the molecule is CNc1cc(-c2coc3ccccc23)[nH]n1. The summed E-state index contributed by atoms with van der Waals surface area (Å²) < 4.78 is 5.48. The summed E-state index contributed by atoms with van der Waals surface area (Å²) in [7, 11) is 1.84. The van der Waals surface area contributed by atoms with Gasteiger partial charge in [-0.25, -0.2) is 0 Å². The molecule has 2 heterocycles. The van der Waals surface area contributed by atoms with Gasteiger partial charge in [-0.05, 0) is 6.07 Å². The van der Waals surface area contributed by atoms with Gasteiger partial charge in [0.25, 0.3) is 0 Å². The zero-order chi connectivity index (χ0) is 11.0. The van der Waals surface area contributed by atoms with Crippen LogP contribution in [0.1, 0.15) is 0 Å². The predicted octanol–water partition coefficient (Wildman–Crippen LogP) is 2.86. The van der Waals surface area contributed by atoms with Crippen molar-refractivity contribution in [2.24, 2.45) is 0 Å². The predicted molar refractivity (Wildman–Crippen MR) is 63.3 cm³/mol. The Bertz CT molecular complexity index is 624. The summed E-state index contributed by atoms with van der Waals surface area (Å²) in [4.78, 5) is 0. The fourth-order valence-electron chi connectivity index (χ4n) is 1.77. The van der Waals surface area contributed by atoms with Crippen molar-refractivity contribution in [1.29, 1.82) is 0 Å². The molecule has 4 heteroatoms. The third-order valence-corrected chi connectivity index (χ3v) is 2.61. The maximum atomic E-state index is 5.48. The van der Waals surface area contributed by atoms with E-state index in [0.717, 1.165) is 28.0 Å². The quantitative estimate of drug-likeness (QED) is 0.688. The molecule has 0 radical (unpaired) electrons. The van der Waals surface area contributed by atoms with Crippen molar-refractivity contribution in [3.05, 3.63) is 36.6 Å². The van der Waals surface area contributed by atoms with E-state index in [4.69, 9.17) is 4.42 Å². The van der Waals surface area contributed by atoms with Crippen molar-refractivity contribution in [3.63, 3.8) is 0 Å². The summed E-state index contributed by atoms with van der Waals surface area (Å²) in [6, 6.07) is 9.90. The van der Waals surface area contributed by atoms with E-state index < -0.39 is 0 Å². The zero-order valence-electron chi connectivity index (χ0n) is 8.82. The fourth-order valence-corrected chi connectivity index (χ4v) is 1.77. The Balaban J connectivity index is 2.18. The first-order chi connectivity index (χ1) is 7.88. The molecular weight excluding hydrogens is 202 g/mol. The lowest BCUT2D eigenvalue weighted by Crippen LogP contribution is -1.85. The number of fused-ring (bicyclic) bond motifs is 1.